The first-order valence-electron chi connectivity index (χ1n) is 3.40. The van der Waals surface area contributed by atoms with Gasteiger partial charge in [0.25, 0.3) is 0 Å². The largest absolute Gasteiger partial charge is 0.334 e. The van der Waals surface area contributed by atoms with Crippen molar-refractivity contribution in [3.8, 4) is 0 Å². The Bertz CT molecular complexity index is 205. The van der Waals surface area contributed by atoms with E-state index in [0.717, 1.165) is 12.4 Å². The quantitative estimate of drug-likeness (QED) is 0.674. The topological polar surface area (TPSA) is 17.8 Å². The highest BCUT2D eigenvalue weighted by Gasteiger charge is 2.05. The van der Waals surface area contributed by atoms with Crippen molar-refractivity contribution in [2.75, 3.05) is 0 Å². The molecule has 0 amide bonds. The van der Waals surface area contributed by atoms with Crippen LogP contribution in [0.5, 0.6) is 0 Å². The lowest BCUT2D eigenvalue weighted by molar-refractivity contribution is 0.703. The summed E-state index contributed by atoms with van der Waals surface area (Å²) in [4.78, 5) is 4.55. The Morgan fingerprint density at radius 3 is 2.90 bits per heavy atom. The summed E-state index contributed by atoms with van der Waals surface area (Å²) in [6.45, 7) is 5.18. The van der Waals surface area contributed by atoms with Crippen LogP contribution >= 0.6 is 15.9 Å². The summed E-state index contributed by atoms with van der Waals surface area (Å²) in [6, 6.07) is 0. The number of rotatable bonds is 2. The van der Waals surface area contributed by atoms with Gasteiger partial charge in [-0.1, -0.05) is 15.9 Å². The third-order valence-electron chi connectivity index (χ3n) is 1.44. The van der Waals surface area contributed by atoms with E-state index in [1.54, 1.807) is 0 Å². The number of aryl methyl sites for hydroxylation is 1. The van der Waals surface area contributed by atoms with Gasteiger partial charge in [-0.25, -0.2) is 4.98 Å². The highest BCUT2D eigenvalue weighted by Crippen LogP contribution is 2.18. The van der Waals surface area contributed by atoms with Crippen molar-refractivity contribution in [2.45, 2.75) is 25.2 Å². The molecule has 0 saturated carbocycles. The Hall–Kier alpha value is -0.310. The molecule has 10 heavy (non-hydrogen) atoms. The summed E-state index contributed by atoms with van der Waals surface area (Å²) < 4.78 is 2.12. The lowest BCUT2D eigenvalue weighted by Crippen LogP contribution is -2.00. The average Bonchev–Trinajstić information content (AvgIpc) is 2.33. The number of aromatic nitrogens is 2. The van der Waals surface area contributed by atoms with Crippen LogP contribution in [0.4, 0.5) is 0 Å². The van der Waals surface area contributed by atoms with Crippen LogP contribution in [0.15, 0.2) is 12.4 Å². The molecule has 2 nitrogen and oxygen atoms in total. The molecule has 0 N–H and O–H groups in total. The minimum atomic E-state index is 0.349. The summed E-state index contributed by atoms with van der Waals surface area (Å²) >= 11 is 3.47. The standard InChI is InChI=1S/C7H11BrN2/c1-3-10-5-4-9-7(10)6(2)8/h4-6H,3H2,1-2H3/t6-/m1/s1. The SMILES string of the molecule is CCn1ccnc1[C@@H](C)Br. The molecule has 1 rings (SSSR count). The van der Waals surface area contributed by atoms with Gasteiger partial charge in [-0.2, -0.15) is 0 Å². The van der Waals surface area contributed by atoms with Crippen molar-refractivity contribution in [3.05, 3.63) is 18.2 Å². The first-order valence-corrected chi connectivity index (χ1v) is 4.32. The predicted molar refractivity (Wildman–Crippen MR) is 45.2 cm³/mol. The summed E-state index contributed by atoms with van der Waals surface area (Å²) in [6.07, 6.45) is 3.82. The second-order valence-electron chi connectivity index (χ2n) is 2.19. The zero-order valence-corrected chi connectivity index (χ0v) is 7.80. The van der Waals surface area contributed by atoms with E-state index in [2.05, 4.69) is 39.3 Å². The van der Waals surface area contributed by atoms with E-state index in [4.69, 9.17) is 0 Å². The number of hydrogen-bond acceptors (Lipinski definition) is 1. The van der Waals surface area contributed by atoms with Gasteiger partial charge in [0.1, 0.15) is 5.82 Å². The van der Waals surface area contributed by atoms with Crippen molar-refractivity contribution in [2.24, 2.45) is 0 Å². The van der Waals surface area contributed by atoms with Gasteiger partial charge in [0.05, 0.1) is 4.83 Å². The molecule has 56 valence electrons. The fraction of sp³-hybridized carbons (Fsp3) is 0.571. The molecule has 0 saturated heterocycles. The van der Waals surface area contributed by atoms with Gasteiger partial charge >= 0.3 is 0 Å². The number of imidazole rings is 1. The molecule has 3 heteroatoms. The maximum absolute atomic E-state index is 4.20. The third-order valence-corrected chi connectivity index (χ3v) is 1.85. The van der Waals surface area contributed by atoms with Crippen molar-refractivity contribution in [1.82, 2.24) is 9.55 Å². The normalized spacial score (nSPS) is 13.5. The lowest BCUT2D eigenvalue weighted by atomic mass is 10.4. The summed E-state index contributed by atoms with van der Waals surface area (Å²) in [5.41, 5.74) is 0. The summed E-state index contributed by atoms with van der Waals surface area (Å²) in [5.74, 6) is 1.10. The molecule has 0 unspecified atom stereocenters. The molecule has 0 aromatic carbocycles. The van der Waals surface area contributed by atoms with Gasteiger partial charge in [0, 0.05) is 18.9 Å². The van der Waals surface area contributed by atoms with Gasteiger partial charge < -0.3 is 4.57 Å². The molecule has 0 radical (unpaired) electrons. The van der Waals surface area contributed by atoms with Crippen LogP contribution in [-0.2, 0) is 6.54 Å². The van der Waals surface area contributed by atoms with Crippen LogP contribution in [0.25, 0.3) is 0 Å². The number of alkyl halides is 1. The minimum absolute atomic E-state index is 0.349. The van der Waals surface area contributed by atoms with Gasteiger partial charge in [0.2, 0.25) is 0 Å². The fourth-order valence-electron chi connectivity index (χ4n) is 0.939. The van der Waals surface area contributed by atoms with E-state index in [1.165, 1.54) is 0 Å². The molecule has 1 heterocycles. The Kier molecular flexibility index (Phi) is 2.49. The smallest absolute Gasteiger partial charge is 0.122 e. The van der Waals surface area contributed by atoms with E-state index in [9.17, 15) is 0 Å². The van der Waals surface area contributed by atoms with Gasteiger partial charge in [-0.15, -0.1) is 0 Å². The van der Waals surface area contributed by atoms with Crippen molar-refractivity contribution in [1.29, 1.82) is 0 Å². The molecule has 0 spiro atoms. The average molecular weight is 203 g/mol. The summed E-state index contributed by atoms with van der Waals surface area (Å²) in [7, 11) is 0. The van der Waals surface area contributed by atoms with Gasteiger partial charge in [0.15, 0.2) is 0 Å². The van der Waals surface area contributed by atoms with Crippen molar-refractivity contribution >= 4 is 15.9 Å². The maximum atomic E-state index is 4.20. The van der Waals surface area contributed by atoms with E-state index >= 15 is 0 Å². The highest BCUT2D eigenvalue weighted by molar-refractivity contribution is 9.09. The van der Waals surface area contributed by atoms with Crippen LogP contribution in [0.1, 0.15) is 24.5 Å². The monoisotopic (exact) mass is 202 g/mol. The second kappa shape index (κ2) is 3.19. The Labute approximate surface area is 69.4 Å². The molecule has 0 aliphatic rings. The third kappa shape index (κ3) is 1.40. The molecule has 0 aliphatic carbocycles. The van der Waals surface area contributed by atoms with Crippen LogP contribution in [0, 0.1) is 0 Å². The highest BCUT2D eigenvalue weighted by atomic mass is 79.9. The van der Waals surface area contributed by atoms with E-state index < -0.39 is 0 Å². The van der Waals surface area contributed by atoms with Crippen LogP contribution in [0.3, 0.4) is 0 Å². The minimum Gasteiger partial charge on any atom is -0.334 e. The molecule has 1 atom stereocenters. The Morgan fingerprint density at radius 1 is 1.80 bits per heavy atom. The molecule has 1 aromatic rings. The second-order valence-corrected chi connectivity index (χ2v) is 3.56. The van der Waals surface area contributed by atoms with Crippen LogP contribution < -0.4 is 0 Å². The van der Waals surface area contributed by atoms with Gasteiger partial charge in [-0.05, 0) is 13.8 Å². The molecule has 0 fully saturated rings. The van der Waals surface area contributed by atoms with Gasteiger partial charge in [-0.3, -0.25) is 0 Å². The maximum Gasteiger partial charge on any atom is 0.122 e. The van der Waals surface area contributed by atoms with Crippen LogP contribution in [0.2, 0.25) is 0 Å². The predicted octanol–water partition coefficient (Wildman–Crippen LogP) is 2.36. The number of hydrogen-bond donors (Lipinski definition) is 0. The first kappa shape index (κ1) is 7.79. The van der Waals surface area contributed by atoms with Crippen LogP contribution in [-0.4, -0.2) is 9.55 Å². The van der Waals surface area contributed by atoms with E-state index in [-0.39, 0.29) is 0 Å². The van der Waals surface area contributed by atoms with Crippen molar-refractivity contribution in [3.63, 3.8) is 0 Å². The number of halogens is 1. The molecule has 1 aromatic heterocycles. The molecule has 0 bridgehead atoms. The van der Waals surface area contributed by atoms with E-state index in [1.807, 2.05) is 12.4 Å². The number of nitrogens with zero attached hydrogens (tertiary/aromatic N) is 2. The van der Waals surface area contributed by atoms with E-state index in [0.29, 0.717) is 4.83 Å². The summed E-state index contributed by atoms with van der Waals surface area (Å²) in [5, 5.41) is 0. The molecular weight excluding hydrogens is 192 g/mol. The van der Waals surface area contributed by atoms with Crippen molar-refractivity contribution < 1.29 is 0 Å². The first-order chi connectivity index (χ1) is 4.75. The zero-order valence-electron chi connectivity index (χ0n) is 6.21. The molecular formula is C7H11BrN2. The zero-order chi connectivity index (χ0) is 7.56. The molecule has 0 aliphatic heterocycles. The lowest BCUT2D eigenvalue weighted by Gasteiger charge is -2.04. The fourth-order valence-corrected chi connectivity index (χ4v) is 1.32. The Morgan fingerprint density at radius 2 is 2.50 bits per heavy atom. The Balaban J connectivity index is 2.90.